The van der Waals surface area contributed by atoms with Crippen LogP contribution in [-0.4, -0.2) is 19.9 Å². The summed E-state index contributed by atoms with van der Waals surface area (Å²) >= 11 is 0. The van der Waals surface area contributed by atoms with Crippen molar-refractivity contribution in [2.24, 2.45) is 0 Å². The molecule has 4 aromatic carbocycles. The van der Waals surface area contributed by atoms with Gasteiger partial charge in [-0.1, -0.05) is 0 Å². The number of rotatable bonds is 2. The molecule has 2 aromatic heterocycles. The number of benzene rings is 4. The van der Waals surface area contributed by atoms with Gasteiger partial charge in [0.15, 0.2) is 58.2 Å². The Morgan fingerprint density at radius 3 is 0.763 bits per heavy atom. The van der Waals surface area contributed by atoms with Gasteiger partial charge in [0.25, 0.3) is 0 Å². The zero-order valence-electron chi connectivity index (χ0n) is 17.9. The first-order valence-corrected chi connectivity index (χ1v) is 10.3. The van der Waals surface area contributed by atoms with E-state index < -0.39 is 80.9 Å². The summed E-state index contributed by atoms with van der Waals surface area (Å²) in [5.74, 6) is -23.7. The highest BCUT2D eigenvalue weighted by molar-refractivity contribution is 6.20. The average molecular weight is 538 g/mol. The summed E-state index contributed by atoms with van der Waals surface area (Å²) in [6.07, 6.45) is 0. The maximum Gasteiger partial charge on any atom is 0.200 e. The molecule has 6 aromatic rings. The molecule has 0 aliphatic rings. The van der Waals surface area contributed by atoms with E-state index in [9.17, 15) is 43.9 Å². The Morgan fingerprint density at radius 2 is 0.526 bits per heavy atom. The molecule has 0 saturated heterocycles. The van der Waals surface area contributed by atoms with Crippen molar-refractivity contribution in [3.05, 3.63) is 82.4 Å². The van der Waals surface area contributed by atoms with Crippen molar-refractivity contribution in [3.8, 4) is 22.8 Å². The lowest BCUT2D eigenvalue weighted by atomic mass is 10.0. The summed E-state index contributed by atoms with van der Waals surface area (Å²) in [4.78, 5) is 15.6. The highest BCUT2D eigenvalue weighted by Crippen LogP contribution is 2.37. The summed E-state index contributed by atoms with van der Waals surface area (Å²) in [7, 11) is 0. The SMILES string of the molecule is Fc1c(F)c(F)c(-c2nc3ccc4nc(-c5c(F)c(F)c(F)c(F)c5F)nc5ccc(n2)c3c45)c(F)c1F. The molecule has 0 aliphatic heterocycles. The molecule has 2 heterocycles. The fourth-order valence-corrected chi connectivity index (χ4v) is 4.13. The minimum absolute atomic E-state index is 0.0559. The third-order valence-electron chi connectivity index (χ3n) is 5.84. The van der Waals surface area contributed by atoms with Gasteiger partial charge < -0.3 is 0 Å². The molecular weight excluding hydrogens is 534 g/mol. The molecule has 0 aliphatic carbocycles. The number of halogens is 10. The summed E-state index contributed by atoms with van der Waals surface area (Å²) < 4.78 is 139. The van der Waals surface area contributed by atoms with Gasteiger partial charge in [0, 0.05) is 10.8 Å². The first-order chi connectivity index (χ1) is 18.0. The van der Waals surface area contributed by atoms with Gasteiger partial charge in [-0.15, -0.1) is 0 Å². The third kappa shape index (κ3) is 3.05. The topological polar surface area (TPSA) is 51.6 Å². The van der Waals surface area contributed by atoms with E-state index in [0.29, 0.717) is 0 Å². The largest absolute Gasteiger partial charge is 0.228 e. The number of aromatic nitrogens is 4. The van der Waals surface area contributed by atoms with Crippen molar-refractivity contribution in [1.29, 1.82) is 0 Å². The maximum absolute atomic E-state index is 14.4. The standard InChI is InChI=1S/C24H4F10N4/c25-13-11(14(26)18(30)21(33)17(13)29)23-35-5-1-2-6-10-8(4-3-7(37-23)9(5)10)38-24(36-6)12-15(27)19(31)22(34)20(32)16(12)28/h1-4H. The fourth-order valence-electron chi connectivity index (χ4n) is 4.13. The van der Waals surface area contributed by atoms with E-state index in [4.69, 9.17) is 0 Å². The molecule has 0 amide bonds. The van der Waals surface area contributed by atoms with E-state index in [1.807, 2.05) is 0 Å². The number of hydrogen-bond donors (Lipinski definition) is 0. The van der Waals surface area contributed by atoms with Crippen molar-refractivity contribution in [2.75, 3.05) is 0 Å². The van der Waals surface area contributed by atoms with E-state index in [1.165, 1.54) is 24.3 Å². The highest BCUT2D eigenvalue weighted by atomic mass is 19.2. The van der Waals surface area contributed by atoms with E-state index in [2.05, 4.69) is 19.9 Å². The van der Waals surface area contributed by atoms with Gasteiger partial charge in [-0.05, 0) is 24.3 Å². The van der Waals surface area contributed by atoms with Gasteiger partial charge in [0.05, 0.1) is 33.2 Å². The lowest BCUT2D eigenvalue weighted by Crippen LogP contribution is -2.07. The molecule has 6 rings (SSSR count). The molecular formula is C24H4F10N4. The van der Waals surface area contributed by atoms with Crippen LogP contribution in [-0.2, 0) is 0 Å². The Balaban J connectivity index is 1.63. The molecule has 4 nitrogen and oxygen atoms in total. The molecule has 0 saturated carbocycles. The van der Waals surface area contributed by atoms with Crippen LogP contribution in [0.15, 0.2) is 24.3 Å². The maximum atomic E-state index is 14.4. The van der Waals surface area contributed by atoms with Gasteiger partial charge in [0.1, 0.15) is 0 Å². The van der Waals surface area contributed by atoms with Crippen molar-refractivity contribution in [1.82, 2.24) is 19.9 Å². The van der Waals surface area contributed by atoms with Crippen molar-refractivity contribution in [3.63, 3.8) is 0 Å². The van der Waals surface area contributed by atoms with Crippen LogP contribution >= 0.6 is 0 Å². The van der Waals surface area contributed by atoms with Crippen molar-refractivity contribution in [2.45, 2.75) is 0 Å². The zero-order valence-corrected chi connectivity index (χ0v) is 17.9. The van der Waals surface area contributed by atoms with Gasteiger partial charge in [-0.25, -0.2) is 63.8 Å². The van der Waals surface area contributed by atoms with E-state index in [0.717, 1.165) is 0 Å². The van der Waals surface area contributed by atoms with Crippen LogP contribution in [0.25, 0.3) is 55.6 Å². The molecule has 0 bridgehead atoms. The second-order valence-corrected chi connectivity index (χ2v) is 7.94. The van der Waals surface area contributed by atoms with Crippen molar-refractivity contribution < 1.29 is 43.9 Å². The predicted octanol–water partition coefficient (Wildman–Crippen LogP) is 6.89. The average Bonchev–Trinajstić information content (AvgIpc) is 2.91. The first-order valence-electron chi connectivity index (χ1n) is 10.3. The Morgan fingerprint density at radius 1 is 0.316 bits per heavy atom. The Kier molecular flexibility index (Phi) is 4.96. The zero-order chi connectivity index (χ0) is 27.2. The normalized spacial score (nSPS) is 11.9. The Labute approximate surface area is 202 Å². The molecule has 0 N–H and O–H groups in total. The smallest absolute Gasteiger partial charge is 0.200 e. The van der Waals surface area contributed by atoms with Crippen LogP contribution in [0.5, 0.6) is 0 Å². The highest BCUT2D eigenvalue weighted by Gasteiger charge is 2.30. The summed E-state index contributed by atoms with van der Waals surface area (Å²) in [6.45, 7) is 0. The van der Waals surface area contributed by atoms with Gasteiger partial charge in [-0.2, -0.15) is 0 Å². The van der Waals surface area contributed by atoms with Crippen LogP contribution in [0.3, 0.4) is 0 Å². The quantitative estimate of drug-likeness (QED) is 0.104. The van der Waals surface area contributed by atoms with Crippen LogP contribution in [0.4, 0.5) is 43.9 Å². The summed E-state index contributed by atoms with van der Waals surface area (Å²) in [6, 6.07) is 4.76. The molecule has 0 radical (unpaired) electrons. The van der Waals surface area contributed by atoms with Crippen LogP contribution < -0.4 is 0 Å². The van der Waals surface area contributed by atoms with E-state index in [1.54, 1.807) is 0 Å². The molecule has 0 unspecified atom stereocenters. The Hall–Kier alpha value is -4.62. The lowest BCUT2D eigenvalue weighted by Gasteiger charge is -2.13. The monoisotopic (exact) mass is 538 g/mol. The molecule has 0 atom stereocenters. The lowest BCUT2D eigenvalue weighted by molar-refractivity contribution is 0.381. The number of nitrogens with zero attached hydrogens (tertiary/aromatic N) is 4. The third-order valence-corrected chi connectivity index (χ3v) is 5.84. The van der Waals surface area contributed by atoms with Crippen LogP contribution in [0.1, 0.15) is 0 Å². The molecule has 190 valence electrons. The number of hydrogen-bond acceptors (Lipinski definition) is 4. The molecule has 38 heavy (non-hydrogen) atoms. The Bertz CT molecular complexity index is 1730. The minimum atomic E-state index is -2.36. The van der Waals surface area contributed by atoms with E-state index in [-0.39, 0.29) is 32.8 Å². The minimum Gasteiger partial charge on any atom is -0.228 e. The van der Waals surface area contributed by atoms with Gasteiger partial charge in [0.2, 0.25) is 11.6 Å². The molecule has 14 heteroatoms. The van der Waals surface area contributed by atoms with Gasteiger partial charge in [-0.3, -0.25) is 0 Å². The fraction of sp³-hybridized carbons (Fsp3) is 0. The predicted molar refractivity (Wildman–Crippen MR) is 112 cm³/mol. The summed E-state index contributed by atoms with van der Waals surface area (Å²) in [5, 5.41) is 0.271. The second-order valence-electron chi connectivity index (χ2n) is 7.94. The van der Waals surface area contributed by atoms with Crippen LogP contribution in [0.2, 0.25) is 0 Å². The van der Waals surface area contributed by atoms with Gasteiger partial charge >= 0.3 is 0 Å². The molecule has 0 fully saturated rings. The van der Waals surface area contributed by atoms with Crippen LogP contribution in [0, 0.1) is 58.2 Å². The van der Waals surface area contributed by atoms with Crippen molar-refractivity contribution >= 4 is 32.8 Å². The second kappa shape index (κ2) is 7.94. The summed E-state index contributed by atoms with van der Waals surface area (Å²) in [5.41, 5.74) is -2.95. The first kappa shape index (κ1) is 23.8. The molecule has 0 spiro atoms. The van der Waals surface area contributed by atoms with E-state index >= 15 is 0 Å².